The molecule has 0 aliphatic rings. The predicted octanol–water partition coefficient (Wildman–Crippen LogP) is 2.36. The molecular formula is C17H17FN2O2. The van der Waals surface area contributed by atoms with Gasteiger partial charge in [0.1, 0.15) is 5.82 Å². The molecule has 0 atom stereocenters. The summed E-state index contributed by atoms with van der Waals surface area (Å²) >= 11 is 0. The highest BCUT2D eigenvalue weighted by atomic mass is 19.1. The smallest absolute Gasteiger partial charge is 0.254 e. The summed E-state index contributed by atoms with van der Waals surface area (Å²) in [6.07, 6.45) is 0. The van der Waals surface area contributed by atoms with Crippen LogP contribution in [-0.4, -0.2) is 24.9 Å². The summed E-state index contributed by atoms with van der Waals surface area (Å²) < 4.78 is 13.8. The van der Waals surface area contributed by atoms with Crippen LogP contribution in [-0.2, 0) is 4.79 Å². The Morgan fingerprint density at radius 3 is 2.32 bits per heavy atom. The van der Waals surface area contributed by atoms with E-state index in [1.54, 1.807) is 6.07 Å². The zero-order valence-electron chi connectivity index (χ0n) is 12.2. The van der Waals surface area contributed by atoms with E-state index in [2.05, 4.69) is 10.6 Å². The summed E-state index contributed by atoms with van der Waals surface area (Å²) in [5.41, 5.74) is 1.67. The van der Waals surface area contributed by atoms with E-state index in [1.165, 1.54) is 19.1 Å². The normalized spacial score (nSPS) is 10.1. The van der Waals surface area contributed by atoms with Crippen molar-refractivity contribution >= 4 is 11.8 Å². The second-order valence-corrected chi connectivity index (χ2v) is 4.80. The maximum Gasteiger partial charge on any atom is 0.254 e. The van der Waals surface area contributed by atoms with E-state index in [9.17, 15) is 14.0 Å². The number of amides is 2. The lowest BCUT2D eigenvalue weighted by Crippen LogP contribution is -2.34. The molecule has 0 bridgehead atoms. The zero-order chi connectivity index (χ0) is 15.9. The second kappa shape index (κ2) is 7.36. The van der Waals surface area contributed by atoms with Crippen LogP contribution in [0.5, 0.6) is 0 Å². The van der Waals surface area contributed by atoms with Gasteiger partial charge in [-0.15, -0.1) is 0 Å². The molecule has 114 valence electrons. The Kier molecular flexibility index (Phi) is 5.25. The maximum atomic E-state index is 13.8. The zero-order valence-corrected chi connectivity index (χ0v) is 12.2. The summed E-state index contributed by atoms with van der Waals surface area (Å²) in [6.45, 7) is 1.94. The molecular weight excluding hydrogens is 283 g/mol. The summed E-state index contributed by atoms with van der Waals surface area (Å²) in [5.74, 6) is -1.25. The van der Waals surface area contributed by atoms with Crippen LogP contribution in [0.1, 0.15) is 17.3 Å². The fourth-order valence-electron chi connectivity index (χ4n) is 2.02. The van der Waals surface area contributed by atoms with E-state index in [1.807, 2.05) is 30.3 Å². The number of rotatable bonds is 5. The third-order valence-electron chi connectivity index (χ3n) is 3.10. The Morgan fingerprint density at radius 1 is 0.955 bits per heavy atom. The van der Waals surface area contributed by atoms with Gasteiger partial charge in [0, 0.05) is 20.0 Å². The number of carbonyl (C=O) groups is 2. The predicted molar refractivity (Wildman–Crippen MR) is 82.9 cm³/mol. The fourth-order valence-corrected chi connectivity index (χ4v) is 2.02. The van der Waals surface area contributed by atoms with Gasteiger partial charge in [-0.25, -0.2) is 4.39 Å². The van der Waals surface area contributed by atoms with E-state index in [0.717, 1.165) is 11.1 Å². The highest BCUT2D eigenvalue weighted by Crippen LogP contribution is 2.21. The molecule has 0 radical (unpaired) electrons. The molecule has 0 aliphatic carbocycles. The van der Waals surface area contributed by atoms with Crippen molar-refractivity contribution in [3.63, 3.8) is 0 Å². The third kappa shape index (κ3) is 4.15. The van der Waals surface area contributed by atoms with E-state index in [-0.39, 0.29) is 18.0 Å². The molecule has 4 nitrogen and oxygen atoms in total. The number of benzene rings is 2. The topological polar surface area (TPSA) is 58.2 Å². The minimum absolute atomic E-state index is 0.0100. The van der Waals surface area contributed by atoms with Crippen molar-refractivity contribution < 1.29 is 14.0 Å². The Balaban J connectivity index is 2.10. The molecule has 2 aromatic carbocycles. The minimum atomic E-state index is -0.572. The number of hydrogen-bond donors (Lipinski definition) is 2. The molecule has 2 amide bonds. The first-order chi connectivity index (χ1) is 10.6. The maximum absolute atomic E-state index is 13.8. The van der Waals surface area contributed by atoms with Gasteiger partial charge in [0.2, 0.25) is 5.91 Å². The van der Waals surface area contributed by atoms with E-state index >= 15 is 0 Å². The number of hydrogen-bond acceptors (Lipinski definition) is 2. The Labute approximate surface area is 128 Å². The first kappa shape index (κ1) is 15.7. The minimum Gasteiger partial charge on any atom is -0.355 e. The van der Waals surface area contributed by atoms with Gasteiger partial charge in [-0.2, -0.15) is 0 Å². The van der Waals surface area contributed by atoms with Crippen molar-refractivity contribution in [3.05, 3.63) is 59.9 Å². The highest BCUT2D eigenvalue weighted by molar-refractivity contribution is 5.95. The van der Waals surface area contributed by atoms with Gasteiger partial charge in [0.25, 0.3) is 5.91 Å². The van der Waals surface area contributed by atoms with Crippen LogP contribution in [0.3, 0.4) is 0 Å². The molecule has 0 saturated carbocycles. The van der Waals surface area contributed by atoms with Gasteiger partial charge in [-0.05, 0) is 23.3 Å². The lowest BCUT2D eigenvalue weighted by molar-refractivity contribution is -0.118. The molecule has 0 saturated heterocycles. The van der Waals surface area contributed by atoms with Gasteiger partial charge in [-0.1, -0.05) is 36.4 Å². The van der Waals surface area contributed by atoms with Crippen LogP contribution in [0.2, 0.25) is 0 Å². The third-order valence-corrected chi connectivity index (χ3v) is 3.10. The second-order valence-electron chi connectivity index (χ2n) is 4.80. The van der Waals surface area contributed by atoms with Crippen LogP contribution in [0.25, 0.3) is 11.1 Å². The van der Waals surface area contributed by atoms with Crippen molar-refractivity contribution in [1.29, 1.82) is 0 Å². The fraction of sp³-hybridized carbons (Fsp3) is 0.176. The average molecular weight is 300 g/mol. The molecule has 22 heavy (non-hydrogen) atoms. The van der Waals surface area contributed by atoms with Crippen molar-refractivity contribution in [2.24, 2.45) is 0 Å². The standard InChI is InChI=1S/C17H17FN2O2/c1-12(21)19-9-10-20-17(22)15-11-14(7-8-16(15)18)13-5-3-2-4-6-13/h2-8,11H,9-10H2,1H3,(H,19,21)(H,20,22). The summed E-state index contributed by atoms with van der Waals surface area (Å²) in [5, 5.41) is 5.14. The number of carbonyl (C=O) groups excluding carboxylic acids is 2. The molecule has 0 aliphatic heterocycles. The van der Waals surface area contributed by atoms with Crippen LogP contribution in [0.4, 0.5) is 4.39 Å². The molecule has 0 unspecified atom stereocenters. The van der Waals surface area contributed by atoms with Crippen molar-refractivity contribution in [2.75, 3.05) is 13.1 Å². The van der Waals surface area contributed by atoms with Crippen molar-refractivity contribution in [1.82, 2.24) is 10.6 Å². The van der Waals surface area contributed by atoms with Gasteiger partial charge in [0.15, 0.2) is 0 Å². The molecule has 5 heteroatoms. The molecule has 2 rings (SSSR count). The summed E-state index contributed by atoms with van der Waals surface area (Å²) in [6, 6.07) is 13.9. The average Bonchev–Trinajstić information content (AvgIpc) is 2.52. The molecule has 2 aromatic rings. The van der Waals surface area contributed by atoms with Gasteiger partial charge in [-0.3, -0.25) is 9.59 Å². The van der Waals surface area contributed by atoms with Gasteiger partial charge < -0.3 is 10.6 Å². The Bertz CT molecular complexity index is 672. The number of nitrogens with one attached hydrogen (secondary N) is 2. The lowest BCUT2D eigenvalue weighted by atomic mass is 10.0. The SMILES string of the molecule is CC(=O)NCCNC(=O)c1cc(-c2ccccc2)ccc1F. The van der Waals surface area contributed by atoms with E-state index in [0.29, 0.717) is 6.54 Å². The quantitative estimate of drug-likeness (QED) is 0.833. The van der Waals surface area contributed by atoms with Crippen LogP contribution in [0, 0.1) is 5.82 Å². The molecule has 2 N–H and O–H groups in total. The molecule has 0 aromatic heterocycles. The lowest BCUT2D eigenvalue weighted by Gasteiger charge is -2.09. The van der Waals surface area contributed by atoms with E-state index in [4.69, 9.17) is 0 Å². The first-order valence-electron chi connectivity index (χ1n) is 6.95. The van der Waals surface area contributed by atoms with Gasteiger partial charge in [0.05, 0.1) is 5.56 Å². The van der Waals surface area contributed by atoms with Gasteiger partial charge >= 0.3 is 0 Å². The molecule has 0 spiro atoms. The molecule has 0 heterocycles. The van der Waals surface area contributed by atoms with Crippen molar-refractivity contribution in [3.8, 4) is 11.1 Å². The Hall–Kier alpha value is -2.69. The van der Waals surface area contributed by atoms with Crippen LogP contribution >= 0.6 is 0 Å². The Morgan fingerprint density at radius 2 is 1.64 bits per heavy atom. The first-order valence-corrected chi connectivity index (χ1v) is 6.95. The monoisotopic (exact) mass is 300 g/mol. The van der Waals surface area contributed by atoms with E-state index < -0.39 is 11.7 Å². The largest absolute Gasteiger partial charge is 0.355 e. The highest BCUT2D eigenvalue weighted by Gasteiger charge is 2.12. The number of halogens is 1. The van der Waals surface area contributed by atoms with Crippen molar-refractivity contribution in [2.45, 2.75) is 6.92 Å². The van der Waals surface area contributed by atoms with Crippen LogP contribution in [0.15, 0.2) is 48.5 Å². The molecule has 0 fully saturated rings. The summed E-state index contributed by atoms with van der Waals surface area (Å²) in [7, 11) is 0. The summed E-state index contributed by atoms with van der Waals surface area (Å²) in [4.78, 5) is 22.8. The van der Waals surface area contributed by atoms with Crippen LogP contribution < -0.4 is 10.6 Å².